The summed E-state index contributed by atoms with van der Waals surface area (Å²) in [6.45, 7) is 1.49. The maximum Gasteiger partial charge on any atom is 0.238 e. The summed E-state index contributed by atoms with van der Waals surface area (Å²) in [5, 5.41) is 16.3. The topological polar surface area (TPSA) is 180 Å². The lowest BCUT2D eigenvalue weighted by Gasteiger charge is -2.35. The Hall–Kier alpha value is -2.61. The van der Waals surface area contributed by atoms with Gasteiger partial charge in [-0.2, -0.15) is 0 Å². The number of hydrogen-bond donors (Lipinski definition) is 3. The summed E-state index contributed by atoms with van der Waals surface area (Å²) in [6, 6.07) is 17.0. The molecule has 0 aliphatic rings. The van der Waals surface area contributed by atoms with Gasteiger partial charge in [-0.05, 0) is 41.8 Å². The van der Waals surface area contributed by atoms with Gasteiger partial charge in [0.15, 0.2) is 0 Å². The van der Waals surface area contributed by atoms with Gasteiger partial charge in [-0.1, -0.05) is 54.6 Å². The van der Waals surface area contributed by atoms with E-state index in [-0.39, 0.29) is 31.4 Å². The molecule has 3 aromatic rings. The molecule has 3 aromatic carbocycles. The molecule has 170 valence electrons. The van der Waals surface area contributed by atoms with Gasteiger partial charge in [-0.25, -0.2) is 40.7 Å². The lowest BCUT2D eigenvalue weighted by atomic mass is 9.71. The second-order valence-corrected chi connectivity index (χ2v) is 11.8. The van der Waals surface area contributed by atoms with Crippen LogP contribution in [0, 0.1) is 0 Å². The molecule has 6 N–H and O–H groups in total. The van der Waals surface area contributed by atoms with Crippen molar-refractivity contribution < 1.29 is 25.3 Å². The Balaban J connectivity index is 2.63. The maximum atomic E-state index is 12.4. The zero-order valence-corrected chi connectivity index (χ0v) is 19.3. The third kappa shape index (κ3) is 4.33. The molecule has 12 heteroatoms. The number of sulfonamides is 3. The first-order valence-electron chi connectivity index (χ1n) is 9.05. The van der Waals surface area contributed by atoms with Crippen molar-refractivity contribution in [1.82, 2.24) is 0 Å². The maximum absolute atomic E-state index is 12.4. The fraction of sp³-hybridized carbons (Fsp3) is 0.100. The number of nitrogens with two attached hydrogens (primary N) is 3. The average molecular weight is 496 g/mol. The van der Waals surface area contributed by atoms with E-state index in [0.717, 1.165) is 0 Å². The van der Waals surface area contributed by atoms with Crippen LogP contribution in [0.2, 0.25) is 0 Å². The van der Waals surface area contributed by atoms with E-state index in [1.54, 1.807) is 0 Å². The van der Waals surface area contributed by atoms with Crippen molar-refractivity contribution >= 4 is 30.1 Å². The molecule has 0 fully saturated rings. The molecule has 0 unspecified atom stereocenters. The number of primary sulfonamides is 3. The van der Waals surface area contributed by atoms with E-state index >= 15 is 0 Å². The fourth-order valence-electron chi connectivity index (χ4n) is 3.82. The highest BCUT2D eigenvalue weighted by Crippen LogP contribution is 2.45. The third-order valence-corrected chi connectivity index (χ3v) is 8.10. The molecule has 0 atom stereocenters. The Morgan fingerprint density at radius 3 is 0.938 bits per heavy atom. The second kappa shape index (κ2) is 8.06. The first kappa shape index (κ1) is 24.0. The zero-order valence-electron chi connectivity index (χ0n) is 16.8. The molecule has 0 aliphatic heterocycles. The van der Waals surface area contributed by atoms with E-state index in [9.17, 15) is 25.3 Å². The van der Waals surface area contributed by atoms with E-state index in [1.807, 2.05) is 0 Å². The van der Waals surface area contributed by atoms with E-state index in [4.69, 9.17) is 15.4 Å². The van der Waals surface area contributed by atoms with Gasteiger partial charge in [0.1, 0.15) is 0 Å². The first-order chi connectivity index (χ1) is 14.7. The normalized spacial score (nSPS) is 13.1. The lowest BCUT2D eigenvalue weighted by molar-refractivity contribution is 0.578. The molecule has 9 nitrogen and oxygen atoms in total. The molecule has 0 bridgehead atoms. The van der Waals surface area contributed by atoms with Crippen LogP contribution in [0.1, 0.15) is 23.6 Å². The average Bonchev–Trinajstić information content (AvgIpc) is 2.71. The smallest absolute Gasteiger partial charge is 0.225 e. The van der Waals surface area contributed by atoms with Crippen LogP contribution in [0.3, 0.4) is 0 Å². The molecular formula is C20H21N3O6S3. The van der Waals surface area contributed by atoms with Gasteiger partial charge >= 0.3 is 0 Å². The van der Waals surface area contributed by atoms with Gasteiger partial charge in [0.25, 0.3) is 0 Å². The highest BCUT2D eigenvalue weighted by Gasteiger charge is 2.41. The van der Waals surface area contributed by atoms with Gasteiger partial charge in [0, 0.05) is 5.41 Å². The second-order valence-electron chi connectivity index (χ2n) is 7.25. The van der Waals surface area contributed by atoms with Gasteiger partial charge in [-0.3, -0.25) is 0 Å². The Morgan fingerprint density at radius 2 is 0.719 bits per heavy atom. The van der Waals surface area contributed by atoms with Crippen LogP contribution in [0.5, 0.6) is 0 Å². The van der Waals surface area contributed by atoms with Crippen LogP contribution >= 0.6 is 0 Å². The molecule has 0 heterocycles. The van der Waals surface area contributed by atoms with Crippen LogP contribution in [0.25, 0.3) is 0 Å². The third-order valence-electron chi connectivity index (χ3n) is 5.20. The molecule has 0 saturated heterocycles. The molecule has 32 heavy (non-hydrogen) atoms. The van der Waals surface area contributed by atoms with Crippen LogP contribution in [0.4, 0.5) is 0 Å². The summed E-state index contributed by atoms with van der Waals surface area (Å²) in [4.78, 5) is -0.928. The fourth-order valence-corrected chi connectivity index (χ4v) is 6.36. The van der Waals surface area contributed by atoms with Gasteiger partial charge < -0.3 is 0 Å². The summed E-state index contributed by atoms with van der Waals surface area (Å²) in [6.07, 6.45) is 0. The van der Waals surface area contributed by atoms with Crippen molar-refractivity contribution in [2.75, 3.05) is 0 Å². The predicted octanol–water partition coefficient (Wildman–Crippen LogP) is 0.983. The monoisotopic (exact) mass is 495 g/mol. The van der Waals surface area contributed by atoms with Gasteiger partial charge in [-0.15, -0.1) is 0 Å². The van der Waals surface area contributed by atoms with Crippen LogP contribution < -0.4 is 15.4 Å². The van der Waals surface area contributed by atoms with Crippen molar-refractivity contribution in [1.29, 1.82) is 0 Å². The quantitative estimate of drug-likeness (QED) is 0.429. The summed E-state index contributed by atoms with van der Waals surface area (Å²) >= 11 is 0. The van der Waals surface area contributed by atoms with Crippen LogP contribution in [-0.4, -0.2) is 25.3 Å². The summed E-state index contributed by atoms with van der Waals surface area (Å²) < 4.78 is 74.5. The van der Waals surface area contributed by atoms with E-state index in [1.165, 1.54) is 79.7 Å². The van der Waals surface area contributed by atoms with E-state index in [2.05, 4.69) is 0 Å². The number of rotatable bonds is 6. The molecule has 0 aliphatic carbocycles. The number of benzene rings is 3. The first-order valence-corrected chi connectivity index (χ1v) is 13.7. The number of hydrogen-bond acceptors (Lipinski definition) is 6. The van der Waals surface area contributed by atoms with Crippen molar-refractivity contribution in [2.45, 2.75) is 27.0 Å². The minimum Gasteiger partial charge on any atom is -0.225 e. The van der Waals surface area contributed by atoms with Crippen molar-refractivity contribution in [3.05, 3.63) is 89.5 Å². The SMILES string of the molecule is CC(c1ccccc1S(N)(=O)=O)(c1ccccc1S(N)(=O)=O)c1ccccc1S(N)(=O)=O. The lowest BCUT2D eigenvalue weighted by Crippen LogP contribution is -2.33. The molecule has 0 spiro atoms. The summed E-state index contributed by atoms with van der Waals surface area (Å²) in [7, 11) is -12.9. The van der Waals surface area contributed by atoms with Gasteiger partial charge in [0.2, 0.25) is 30.1 Å². The minimum atomic E-state index is -4.29. The summed E-state index contributed by atoms with van der Waals surface area (Å²) in [5.74, 6) is 0. The van der Waals surface area contributed by atoms with E-state index < -0.39 is 35.5 Å². The largest absolute Gasteiger partial charge is 0.238 e. The van der Waals surface area contributed by atoms with E-state index in [0.29, 0.717) is 0 Å². The Morgan fingerprint density at radius 1 is 0.500 bits per heavy atom. The molecule has 0 aromatic heterocycles. The molecule has 3 rings (SSSR count). The molecular weight excluding hydrogens is 474 g/mol. The van der Waals surface area contributed by atoms with Crippen molar-refractivity contribution in [2.24, 2.45) is 15.4 Å². The van der Waals surface area contributed by atoms with Crippen molar-refractivity contribution in [3.63, 3.8) is 0 Å². The Kier molecular flexibility index (Phi) is 6.06. The molecule has 0 radical (unpaired) electrons. The molecule has 0 amide bonds. The Bertz CT molecular complexity index is 1330. The van der Waals surface area contributed by atoms with Crippen LogP contribution in [0.15, 0.2) is 87.5 Å². The van der Waals surface area contributed by atoms with Crippen molar-refractivity contribution in [3.8, 4) is 0 Å². The van der Waals surface area contributed by atoms with Gasteiger partial charge in [0.05, 0.1) is 14.7 Å². The highest BCUT2D eigenvalue weighted by molar-refractivity contribution is 7.89. The highest BCUT2D eigenvalue weighted by atomic mass is 32.2. The summed E-state index contributed by atoms with van der Waals surface area (Å²) in [5.41, 5.74) is -1.51. The van der Waals surface area contributed by atoms with Crippen LogP contribution in [-0.2, 0) is 35.5 Å². The predicted molar refractivity (Wildman–Crippen MR) is 119 cm³/mol. The zero-order chi connectivity index (χ0) is 23.9. The minimum absolute atomic E-state index is 0.0506. The Labute approximate surface area is 187 Å². The standard InChI is InChI=1S/C20H21N3O6S3/c1-20(14-8-2-5-11-17(14)30(21,24)25,15-9-3-6-12-18(15)31(22,26)27)16-10-4-7-13-19(16)32(23,28)29/h2-13H,1H3,(H2,21,24,25)(H2,22,26,27)(H2,23,28,29). The molecule has 0 saturated carbocycles.